The molecule has 0 saturated heterocycles. The van der Waals surface area contributed by atoms with Crippen molar-refractivity contribution >= 4 is 11.6 Å². The van der Waals surface area contributed by atoms with Gasteiger partial charge >= 0.3 is 6.18 Å². The van der Waals surface area contributed by atoms with Gasteiger partial charge in [0, 0.05) is 18.9 Å². The Morgan fingerprint density at radius 2 is 2.00 bits per heavy atom. The molecule has 0 fully saturated rings. The molecule has 1 aromatic carbocycles. The van der Waals surface area contributed by atoms with Crippen LogP contribution in [-0.4, -0.2) is 30.4 Å². The third-order valence-electron chi connectivity index (χ3n) is 3.68. The molecule has 0 aliphatic carbocycles. The number of halogens is 4. The van der Waals surface area contributed by atoms with Gasteiger partial charge in [-0.2, -0.15) is 18.2 Å². The highest BCUT2D eigenvalue weighted by atomic mass is 35.5. The number of aromatic nitrogens is 2. The van der Waals surface area contributed by atoms with Gasteiger partial charge in [0.25, 0.3) is 6.01 Å². The summed E-state index contributed by atoms with van der Waals surface area (Å²) in [6, 6.07) is 3.55. The Labute approximate surface area is 143 Å². The normalized spacial score (nSPS) is 13.1. The van der Waals surface area contributed by atoms with Gasteiger partial charge in [0.05, 0.1) is 36.0 Å². The summed E-state index contributed by atoms with van der Waals surface area (Å²) in [5.41, 5.74) is 0.0579. The van der Waals surface area contributed by atoms with E-state index in [2.05, 4.69) is 4.98 Å². The van der Waals surface area contributed by atoms with Crippen LogP contribution in [0.25, 0.3) is 11.3 Å². The summed E-state index contributed by atoms with van der Waals surface area (Å²) in [4.78, 5) is 4.32. The Morgan fingerprint density at radius 1 is 1.29 bits per heavy atom. The first-order valence-corrected chi connectivity index (χ1v) is 7.68. The summed E-state index contributed by atoms with van der Waals surface area (Å²) in [6.45, 7) is 2.46. The van der Waals surface area contributed by atoms with Crippen molar-refractivity contribution in [3.05, 3.63) is 35.0 Å². The smallest absolute Gasteiger partial charge is 0.416 e. The van der Waals surface area contributed by atoms with E-state index in [0.717, 1.165) is 18.6 Å². The number of methoxy groups -OCH3 is 2. The zero-order chi connectivity index (χ0) is 17.9. The Bertz CT molecular complexity index is 701. The Hall–Kier alpha value is -1.73. The molecule has 8 heteroatoms. The predicted molar refractivity (Wildman–Crippen MR) is 85.4 cm³/mol. The molecule has 24 heavy (non-hydrogen) atoms. The van der Waals surface area contributed by atoms with Crippen molar-refractivity contribution in [1.29, 1.82) is 0 Å². The van der Waals surface area contributed by atoms with E-state index in [1.54, 1.807) is 17.9 Å². The first-order valence-electron chi connectivity index (χ1n) is 7.30. The SMILES string of the molecule is CCC(COC)n1cc(-c2ccc(C(F)(F)F)cc2Cl)nc1OC. The molecule has 0 radical (unpaired) electrons. The van der Waals surface area contributed by atoms with Crippen molar-refractivity contribution in [3.63, 3.8) is 0 Å². The largest absolute Gasteiger partial charge is 0.468 e. The molecule has 1 aromatic heterocycles. The van der Waals surface area contributed by atoms with Crippen LogP contribution in [-0.2, 0) is 10.9 Å². The topological polar surface area (TPSA) is 36.3 Å². The van der Waals surface area contributed by atoms with Crippen LogP contribution in [0.3, 0.4) is 0 Å². The highest BCUT2D eigenvalue weighted by Crippen LogP contribution is 2.36. The van der Waals surface area contributed by atoms with Gasteiger partial charge in [-0.15, -0.1) is 0 Å². The monoisotopic (exact) mass is 362 g/mol. The van der Waals surface area contributed by atoms with Crippen LogP contribution in [0.2, 0.25) is 5.02 Å². The molecule has 4 nitrogen and oxygen atoms in total. The van der Waals surface area contributed by atoms with E-state index < -0.39 is 11.7 Å². The minimum atomic E-state index is -4.44. The number of imidazole rings is 1. The second kappa shape index (κ2) is 7.44. The molecule has 0 N–H and O–H groups in total. The summed E-state index contributed by atoms with van der Waals surface area (Å²) >= 11 is 6.03. The first kappa shape index (κ1) is 18.6. The van der Waals surface area contributed by atoms with Gasteiger partial charge in [-0.05, 0) is 18.6 Å². The number of nitrogens with zero attached hydrogens (tertiary/aromatic N) is 2. The Morgan fingerprint density at radius 3 is 2.50 bits per heavy atom. The maximum atomic E-state index is 12.7. The van der Waals surface area contributed by atoms with Gasteiger partial charge < -0.3 is 9.47 Å². The lowest BCUT2D eigenvalue weighted by molar-refractivity contribution is -0.137. The number of hydrogen-bond donors (Lipinski definition) is 0. The van der Waals surface area contributed by atoms with Crippen molar-refractivity contribution in [1.82, 2.24) is 9.55 Å². The van der Waals surface area contributed by atoms with Gasteiger partial charge in [-0.25, -0.2) is 0 Å². The summed E-state index contributed by atoms with van der Waals surface area (Å²) in [7, 11) is 3.08. The van der Waals surface area contributed by atoms with E-state index in [1.165, 1.54) is 13.2 Å². The van der Waals surface area contributed by atoms with Crippen molar-refractivity contribution < 1.29 is 22.6 Å². The molecule has 1 heterocycles. The number of rotatable bonds is 6. The second-order valence-electron chi connectivity index (χ2n) is 5.23. The maximum Gasteiger partial charge on any atom is 0.416 e. The number of ether oxygens (including phenoxy) is 2. The fourth-order valence-corrected chi connectivity index (χ4v) is 2.68. The zero-order valence-electron chi connectivity index (χ0n) is 13.5. The summed E-state index contributed by atoms with van der Waals surface area (Å²) in [5, 5.41) is -0.0167. The van der Waals surface area contributed by atoms with Crippen LogP contribution in [0, 0.1) is 0 Å². The summed E-state index contributed by atoms with van der Waals surface area (Å²) in [6.07, 6.45) is -1.95. The van der Waals surface area contributed by atoms with Crippen molar-refractivity contribution in [2.45, 2.75) is 25.6 Å². The molecule has 0 amide bonds. The lowest BCUT2D eigenvalue weighted by Gasteiger charge is -2.17. The van der Waals surface area contributed by atoms with Crippen LogP contribution < -0.4 is 4.74 Å². The lowest BCUT2D eigenvalue weighted by atomic mass is 10.1. The quantitative estimate of drug-likeness (QED) is 0.738. The zero-order valence-corrected chi connectivity index (χ0v) is 14.3. The molecule has 1 atom stereocenters. The third kappa shape index (κ3) is 3.84. The number of alkyl halides is 3. The molecule has 0 spiro atoms. The molecular formula is C16H18ClF3N2O2. The minimum Gasteiger partial charge on any atom is -0.468 e. The summed E-state index contributed by atoms with van der Waals surface area (Å²) < 4.78 is 50.5. The number of benzene rings is 1. The average molecular weight is 363 g/mol. The fourth-order valence-electron chi connectivity index (χ4n) is 2.41. The van der Waals surface area contributed by atoms with E-state index in [1.807, 2.05) is 6.92 Å². The Kier molecular flexibility index (Phi) is 5.77. The van der Waals surface area contributed by atoms with Gasteiger partial charge in [0.15, 0.2) is 0 Å². The highest BCUT2D eigenvalue weighted by molar-refractivity contribution is 6.33. The van der Waals surface area contributed by atoms with E-state index in [4.69, 9.17) is 21.1 Å². The van der Waals surface area contributed by atoms with Crippen LogP contribution in [0.5, 0.6) is 6.01 Å². The first-order chi connectivity index (χ1) is 11.3. The van der Waals surface area contributed by atoms with E-state index >= 15 is 0 Å². The lowest BCUT2D eigenvalue weighted by Crippen LogP contribution is -2.14. The maximum absolute atomic E-state index is 12.7. The van der Waals surface area contributed by atoms with E-state index in [-0.39, 0.29) is 11.1 Å². The molecule has 0 aliphatic rings. The van der Waals surface area contributed by atoms with Crippen molar-refractivity contribution in [3.8, 4) is 17.3 Å². The van der Waals surface area contributed by atoms with Crippen molar-refractivity contribution in [2.24, 2.45) is 0 Å². The van der Waals surface area contributed by atoms with Gasteiger partial charge in [0.2, 0.25) is 0 Å². The van der Waals surface area contributed by atoms with Crippen LogP contribution in [0.4, 0.5) is 13.2 Å². The van der Waals surface area contributed by atoms with E-state index in [9.17, 15) is 13.2 Å². The minimum absolute atomic E-state index is 0.000533. The average Bonchev–Trinajstić information content (AvgIpc) is 2.95. The number of hydrogen-bond acceptors (Lipinski definition) is 3. The molecule has 132 valence electrons. The molecule has 0 bridgehead atoms. The summed E-state index contributed by atoms with van der Waals surface area (Å²) in [5.74, 6) is 0. The van der Waals surface area contributed by atoms with Gasteiger partial charge in [-0.3, -0.25) is 4.57 Å². The highest BCUT2D eigenvalue weighted by Gasteiger charge is 2.31. The predicted octanol–water partition coefficient (Wildman–Crippen LogP) is 4.83. The van der Waals surface area contributed by atoms with Crippen LogP contribution in [0.15, 0.2) is 24.4 Å². The molecule has 2 aromatic rings. The van der Waals surface area contributed by atoms with Crippen molar-refractivity contribution in [2.75, 3.05) is 20.8 Å². The fraction of sp³-hybridized carbons (Fsp3) is 0.438. The molecule has 1 unspecified atom stereocenters. The van der Waals surface area contributed by atoms with Gasteiger partial charge in [0.1, 0.15) is 0 Å². The molecule has 0 saturated carbocycles. The van der Waals surface area contributed by atoms with Gasteiger partial charge in [-0.1, -0.05) is 24.6 Å². The van der Waals surface area contributed by atoms with Crippen LogP contribution >= 0.6 is 11.6 Å². The third-order valence-corrected chi connectivity index (χ3v) is 3.99. The van der Waals surface area contributed by atoms with Crippen LogP contribution in [0.1, 0.15) is 24.9 Å². The molecule has 0 aliphatic heterocycles. The molecule has 2 rings (SSSR count). The molecular weight excluding hydrogens is 345 g/mol. The Balaban J connectivity index is 2.44. The second-order valence-corrected chi connectivity index (χ2v) is 5.64. The standard InChI is InChI=1S/C16H18ClF3N2O2/c1-4-11(9-23-2)22-8-14(21-15(22)24-3)12-6-5-10(7-13(12)17)16(18,19)20/h5-8,11H,4,9H2,1-3H3. The van der Waals surface area contributed by atoms with E-state index in [0.29, 0.717) is 23.9 Å².